The predicted octanol–water partition coefficient (Wildman–Crippen LogP) is 8.13. The Balaban J connectivity index is 1.48. The van der Waals surface area contributed by atoms with E-state index in [9.17, 15) is 0 Å². The highest BCUT2D eigenvalue weighted by Gasteiger charge is 2.14. The molecule has 0 saturated heterocycles. The van der Waals surface area contributed by atoms with Gasteiger partial charge >= 0.3 is 0 Å². The van der Waals surface area contributed by atoms with Crippen LogP contribution in [0.3, 0.4) is 0 Å². The van der Waals surface area contributed by atoms with Crippen molar-refractivity contribution in [3.8, 4) is 0 Å². The summed E-state index contributed by atoms with van der Waals surface area (Å²) in [4.78, 5) is 0. The van der Waals surface area contributed by atoms with Crippen LogP contribution in [0.4, 0.5) is 11.4 Å². The summed E-state index contributed by atoms with van der Waals surface area (Å²) in [6, 6.07) is 34.9. The number of anilines is 2. The Morgan fingerprint density at radius 1 is 0.486 bits per heavy atom. The maximum Gasteiger partial charge on any atom is 0.0314 e. The third-order valence-corrected chi connectivity index (χ3v) is 6.89. The Hall–Kier alpha value is -3.52. The van der Waals surface area contributed by atoms with Crippen molar-refractivity contribution < 1.29 is 0 Å². The Bertz CT molecular complexity index is 1070. The van der Waals surface area contributed by atoms with Crippen LogP contribution in [0.15, 0.2) is 97.1 Å². The SMILES string of the molecule is CCCCCCC(c1ccc(Cc2ccc(N)cc2)cc1)c1ccc(Cc2ccc(N)cc2)cc1. The molecule has 180 valence electrons. The number of nitrogens with two attached hydrogens (primary N) is 2. The van der Waals surface area contributed by atoms with E-state index in [-0.39, 0.29) is 0 Å². The summed E-state index contributed by atoms with van der Waals surface area (Å²) >= 11 is 0. The molecule has 0 saturated carbocycles. The second-order valence-electron chi connectivity index (χ2n) is 9.72. The van der Waals surface area contributed by atoms with Crippen molar-refractivity contribution in [2.24, 2.45) is 0 Å². The van der Waals surface area contributed by atoms with Crippen molar-refractivity contribution >= 4 is 11.4 Å². The molecule has 2 heteroatoms. The van der Waals surface area contributed by atoms with Crippen molar-refractivity contribution in [1.82, 2.24) is 0 Å². The molecule has 0 atom stereocenters. The number of hydrogen-bond acceptors (Lipinski definition) is 2. The van der Waals surface area contributed by atoms with E-state index in [2.05, 4.69) is 79.7 Å². The first-order valence-electron chi connectivity index (χ1n) is 13.0. The Kier molecular flexibility index (Phi) is 8.62. The Morgan fingerprint density at radius 2 is 0.857 bits per heavy atom. The van der Waals surface area contributed by atoms with Gasteiger partial charge in [-0.2, -0.15) is 0 Å². The lowest BCUT2D eigenvalue weighted by molar-refractivity contribution is 0.596. The van der Waals surface area contributed by atoms with Crippen LogP contribution >= 0.6 is 0 Å². The standard InChI is InChI=1S/C33H38N2/c1-2-3-4-5-6-33(29-15-7-25(8-16-29)23-27-11-19-31(34)20-12-27)30-17-9-26(10-18-30)24-28-13-21-32(35)22-14-28/h7-22,33H,2-6,23-24,34-35H2,1H3. The highest BCUT2D eigenvalue weighted by Crippen LogP contribution is 2.31. The average Bonchev–Trinajstić information content (AvgIpc) is 2.88. The minimum absolute atomic E-state index is 0.433. The molecule has 0 aromatic heterocycles. The number of rotatable bonds is 11. The van der Waals surface area contributed by atoms with E-state index >= 15 is 0 Å². The molecule has 0 spiro atoms. The fourth-order valence-corrected chi connectivity index (χ4v) is 4.78. The van der Waals surface area contributed by atoms with E-state index in [4.69, 9.17) is 11.5 Å². The van der Waals surface area contributed by atoms with Crippen LogP contribution in [0.5, 0.6) is 0 Å². The van der Waals surface area contributed by atoms with Crippen LogP contribution in [-0.4, -0.2) is 0 Å². The lowest BCUT2D eigenvalue weighted by Crippen LogP contribution is -2.03. The first-order valence-corrected chi connectivity index (χ1v) is 13.0. The van der Waals surface area contributed by atoms with Crippen molar-refractivity contribution in [2.75, 3.05) is 11.5 Å². The molecule has 4 N–H and O–H groups in total. The molecule has 0 unspecified atom stereocenters. The molecule has 0 amide bonds. The van der Waals surface area contributed by atoms with E-state index in [0.717, 1.165) is 24.2 Å². The molecule has 0 bridgehead atoms. The number of nitrogen functional groups attached to an aromatic ring is 2. The molecule has 4 aromatic rings. The predicted molar refractivity (Wildman–Crippen MR) is 151 cm³/mol. The van der Waals surface area contributed by atoms with Gasteiger partial charge in [0.2, 0.25) is 0 Å². The second kappa shape index (κ2) is 12.3. The molecule has 0 aliphatic carbocycles. The summed E-state index contributed by atoms with van der Waals surface area (Å²) in [7, 11) is 0. The van der Waals surface area contributed by atoms with Gasteiger partial charge in [-0.1, -0.05) is 105 Å². The molecule has 0 heterocycles. The van der Waals surface area contributed by atoms with E-state index in [1.54, 1.807) is 0 Å². The van der Waals surface area contributed by atoms with Gasteiger partial charge in [0.25, 0.3) is 0 Å². The summed E-state index contributed by atoms with van der Waals surface area (Å²) in [5, 5.41) is 0. The molecule has 0 aliphatic rings. The summed E-state index contributed by atoms with van der Waals surface area (Å²) in [5.41, 5.74) is 21.4. The van der Waals surface area contributed by atoms with Crippen molar-refractivity contribution in [3.05, 3.63) is 130 Å². The van der Waals surface area contributed by atoms with Crippen molar-refractivity contribution in [3.63, 3.8) is 0 Å². The maximum atomic E-state index is 5.84. The number of hydrogen-bond donors (Lipinski definition) is 2. The topological polar surface area (TPSA) is 52.0 Å². The van der Waals surface area contributed by atoms with E-state index in [1.165, 1.54) is 65.5 Å². The molecule has 0 aliphatic heterocycles. The van der Waals surface area contributed by atoms with Gasteiger partial charge in [-0.05, 0) is 76.9 Å². The lowest BCUT2D eigenvalue weighted by Gasteiger charge is -2.19. The normalized spacial score (nSPS) is 11.1. The average molecular weight is 463 g/mol. The minimum atomic E-state index is 0.433. The maximum absolute atomic E-state index is 5.84. The fraction of sp³-hybridized carbons (Fsp3) is 0.273. The van der Waals surface area contributed by atoms with Gasteiger partial charge in [0.1, 0.15) is 0 Å². The third-order valence-electron chi connectivity index (χ3n) is 6.89. The minimum Gasteiger partial charge on any atom is -0.399 e. The molecule has 2 nitrogen and oxygen atoms in total. The zero-order valence-corrected chi connectivity index (χ0v) is 20.9. The van der Waals surface area contributed by atoms with Crippen molar-refractivity contribution in [2.45, 2.75) is 57.8 Å². The van der Waals surface area contributed by atoms with Gasteiger partial charge in [-0.3, -0.25) is 0 Å². The van der Waals surface area contributed by atoms with Crippen LogP contribution in [0.25, 0.3) is 0 Å². The molecule has 4 rings (SSSR count). The fourth-order valence-electron chi connectivity index (χ4n) is 4.78. The zero-order valence-electron chi connectivity index (χ0n) is 20.9. The van der Waals surface area contributed by atoms with Gasteiger partial charge in [0, 0.05) is 17.3 Å². The van der Waals surface area contributed by atoms with Gasteiger partial charge in [-0.15, -0.1) is 0 Å². The zero-order chi connectivity index (χ0) is 24.5. The van der Waals surface area contributed by atoms with E-state index in [1.807, 2.05) is 24.3 Å². The molecule has 0 fully saturated rings. The van der Waals surface area contributed by atoms with E-state index < -0.39 is 0 Å². The molecular weight excluding hydrogens is 424 g/mol. The first-order chi connectivity index (χ1) is 17.1. The summed E-state index contributed by atoms with van der Waals surface area (Å²) in [6.45, 7) is 2.27. The van der Waals surface area contributed by atoms with Crippen LogP contribution in [0.2, 0.25) is 0 Å². The first kappa shape index (κ1) is 24.6. The van der Waals surface area contributed by atoms with Gasteiger partial charge < -0.3 is 11.5 Å². The monoisotopic (exact) mass is 462 g/mol. The van der Waals surface area contributed by atoms with Gasteiger partial charge in [0.15, 0.2) is 0 Å². The molecule has 4 aromatic carbocycles. The van der Waals surface area contributed by atoms with E-state index in [0.29, 0.717) is 5.92 Å². The smallest absolute Gasteiger partial charge is 0.0314 e. The van der Waals surface area contributed by atoms with Gasteiger partial charge in [0.05, 0.1) is 0 Å². The van der Waals surface area contributed by atoms with Crippen LogP contribution in [-0.2, 0) is 12.8 Å². The van der Waals surface area contributed by atoms with Crippen LogP contribution in [0.1, 0.15) is 78.3 Å². The van der Waals surface area contributed by atoms with Gasteiger partial charge in [-0.25, -0.2) is 0 Å². The summed E-state index contributed by atoms with van der Waals surface area (Å²) < 4.78 is 0. The quantitative estimate of drug-likeness (QED) is 0.175. The highest BCUT2D eigenvalue weighted by molar-refractivity contribution is 5.43. The Labute approximate surface area is 211 Å². The third kappa shape index (κ3) is 7.23. The molecule has 0 radical (unpaired) electrons. The highest BCUT2D eigenvalue weighted by atomic mass is 14.5. The number of unbranched alkanes of at least 4 members (excludes halogenated alkanes) is 3. The largest absolute Gasteiger partial charge is 0.399 e. The number of benzene rings is 4. The molecule has 35 heavy (non-hydrogen) atoms. The lowest BCUT2D eigenvalue weighted by atomic mass is 9.85. The Morgan fingerprint density at radius 3 is 1.23 bits per heavy atom. The molecular formula is C33H38N2. The van der Waals surface area contributed by atoms with Crippen LogP contribution < -0.4 is 11.5 Å². The summed E-state index contributed by atoms with van der Waals surface area (Å²) in [6.07, 6.45) is 8.20. The second-order valence-corrected chi connectivity index (χ2v) is 9.72. The summed E-state index contributed by atoms with van der Waals surface area (Å²) in [5.74, 6) is 0.433. The van der Waals surface area contributed by atoms with Crippen molar-refractivity contribution in [1.29, 1.82) is 0 Å². The van der Waals surface area contributed by atoms with Crippen LogP contribution in [0, 0.1) is 0 Å².